The smallest absolute Gasteiger partial charge is 0.308 e. The number of phenolic OH excluding ortho intramolecular Hbond substituents is 2. The predicted octanol–water partition coefficient (Wildman–Crippen LogP) is 10.3. The second kappa shape index (κ2) is 17.4. The van der Waals surface area contributed by atoms with Gasteiger partial charge >= 0.3 is 5.97 Å². The molecule has 0 aliphatic heterocycles. The molecule has 0 aromatic heterocycles. The van der Waals surface area contributed by atoms with Gasteiger partial charge in [-0.1, -0.05) is 101 Å². The molecule has 50 heavy (non-hydrogen) atoms. The van der Waals surface area contributed by atoms with Crippen molar-refractivity contribution in [1.82, 2.24) is 0 Å². The highest BCUT2D eigenvalue weighted by Gasteiger charge is 2.26. The van der Waals surface area contributed by atoms with Crippen molar-refractivity contribution in [3.05, 3.63) is 168 Å². The summed E-state index contributed by atoms with van der Waals surface area (Å²) in [5.74, 6) is 1.72. The second-order valence-corrected chi connectivity index (χ2v) is 13.4. The van der Waals surface area contributed by atoms with Crippen LogP contribution in [0.5, 0.6) is 23.0 Å². The fraction of sp³-hybridized carbons (Fsp3) is 0.267. The van der Waals surface area contributed by atoms with Gasteiger partial charge in [-0.3, -0.25) is 4.79 Å². The highest BCUT2D eigenvalue weighted by molar-refractivity contribution is 5.70. The molecule has 0 bridgehead atoms. The molecular weight excluding hydrogens is 620 g/mol. The molecule has 4 aromatic rings. The van der Waals surface area contributed by atoms with Crippen LogP contribution in [0.3, 0.4) is 0 Å². The van der Waals surface area contributed by atoms with E-state index in [-0.39, 0.29) is 16.8 Å². The van der Waals surface area contributed by atoms with Crippen molar-refractivity contribution in [2.75, 3.05) is 7.11 Å². The molecule has 0 radical (unpaired) electrons. The van der Waals surface area contributed by atoms with Crippen LogP contribution in [0.4, 0.5) is 0 Å². The van der Waals surface area contributed by atoms with E-state index < -0.39 is 0 Å². The number of rotatable bonds is 14. The van der Waals surface area contributed by atoms with Crippen molar-refractivity contribution in [2.45, 2.75) is 71.1 Å². The minimum absolute atomic E-state index is 0.229. The minimum atomic E-state index is -0.323. The van der Waals surface area contributed by atoms with E-state index in [0.717, 1.165) is 51.1 Å². The number of ether oxygens (including phenoxy) is 2. The third kappa shape index (κ3) is 9.44. The zero-order valence-electron chi connectivity index (χ0n) is 30.5. The van der Waals surface area contributed by atoms with Crippen LogP contribution in [-0.2, 0) is 41.3 Å². The summed E-state index contributed by atoms with van der Waals surface area (Å²) in [5.41, 5.74) is 7.89. The van der Waals surface area contributed by atoms with Gasteiger partial charge in [-0.05, 0) is 94.5 Å². The van der Waals surface area contributed by atoms with Crippen LogP contribution in [0.25, 0.3) is 0 Å². The van der Waals surface area contributed by atoms with Gasteiger partial charge in [0.25, 0.3) is 0 Å². The van der Waals surface area contributed by atoms with Crippen molar-refractivity contribution in [3.63, 3.8) is 0 Å². The first-order chi connectivity index (χ1) is 23.7. The lowest BCUT2D eigenvalue weighted by atomic mass is 9.77. The molecule has 4 rings (SSSR count). The largest absolute Gasteiger partial charge is 0.508 e. The van der Waals surface area contributed by atoms with E-state index in [1.165, 1.54) is 12.5 Å². The molecule has 0 unspecified atom stereocenters. The Balaban J connectivity index is 0.000000274. The van der Waals surface area contributed by atoms with Crippen molar-refractivity contribution in [2.24, 2.45) is 0 Å². The maximum Gasteiger partial charge on any atom is 0.308 e. The van der Waals surface area contributed by atoms with Crippen LogP contribution < -0.4 is 9.47 Å². The molecule has 0 spiro atoms. The number of aromatic hydroxyl groups is 2. The topological polar surface area (TPSA) is 76.0 Å². The van der Waals surface area contributed by atoms with Gasteiger partial charge in [0, 0.05) is 17.8 Å². The highest BCUT2D eigenvalue weighted by Crippen LogP contribution is 2.38. The molecule has 0 atom stereocenters. The maximum atomic E-state index is 11.4. The molecule has 0 saturated heterocycles. The van der Waals surface area contributed by atoms with Crippen LogP contribution in [0.2, 0.25) is 0 Å². The Bertz CT molecular complexity index is 1780. The quantitative estimate of drug-likeness (QED) is 0.0792. The SMILES string of the molecule is C=CCc1cc(C(C)(C)c2ccc(O)c(CC=C)c2)ccc1O.C=CCc1cc(C(C)(C)c2ccc(OC(C)=O)c(CC=C)c2)ccc1OC. The van der Waals surface area contributed by atoms with E-state index in [9.17, 15) is 15.0 Å². The molecule has 0 heterocycles. The van der Waals surface area contributed by atoms with Gasteiger partial charge in [0.1, 0.15) is 23.0 Å². The number of carbonyl (C=O) groups excluding carboxylic acids is 1. The molecule has 5 nitrogen and oxygen atoms in total. The predicted molar refractivity (Wildman–Crippen MR) is 207 cm³/mol. The summed E-state index contributed by atoms with van der Waals surface area (Å²) in [6, 6.07) is 23.7. The number of benzene rings is 4. The van der Waals surface area contributed by atoms with E-state index in [1.54, 1.807) is 31.4 Å². The van der Waals surface area contributed by atoms with Crippen molar-refractivity contribution in [3.8, 4) is 23.0 Å². The fourth-order valence-electron chi connectivity index (χ4n) is 5.94. The average Bonchev–Trinajstić information content (AvgIpc) is 3.08. The lowest BCUT2D eigenvalue weighted by Crippen LogP contribution is -2.20. The second-order valence-electron chi connectivity index (χ2n) is 13.4. The lowest BCUT2D eigenvalue weighted by Gasteiger charge is -2.28. The molecule has 4 aromatic carbocycles. The van der Waals surface area contributed by atoms with Gasteiger partial charge in [-0.15, -0.1) is 26.3 Å². The normalized spacial score (nSPS) is 11.1. The van der Waals surface area contributed by atoms with Gasteiger partial charge < -0.3 is 19.7 Å². The van der Waals surface area contributed by atoms with Gasteiger partial charge in [0.2, 0.25) is 0 Å². The summed E-state index contributed by atoms with van der Waals surface area (Å²) in [6.45, 7) is 25.2. The zero-order chi connectivity index (χ0) is 37.1. The van der Waals surface area contributed by atoms with Crippen molar-refractivity contribution < 1.29 is 24.5 Å². The highest BCUT2D eigenvalue weighted by atomic mass is 16.5. The third-order valence-corrected chi connectivity index (χ3v) is 9.10. The number of allylic oxidation sites excluding steroid dienone is 4. The van der Waals surface area contributed by atoms with Crippen LogP contribution >= 0.6 is 0 Å². The molecule has 5 heteroatoms. The number of phenols is 2. The Hall–Kier alpha value is -5.29. The van der Waals surface area contributed by atoms with Gasteiger partial charge in [0.15, 0.2) is 0 Å². The Morgan fingerprint density at radius 1 is 0.580 bits per heavy atom. The van der Waals surface area contributed by atoms with Crippen LogP contribution in [0.1, 0.15) is 79.1 Å². The number of hydrogen-bond acceptors (Lipinski definition) is 5. The third-order valence-electron chi connectivity index (χ3n) is 9.10. The molecule has 0 aliphatic rings. The van der Waals surface area contributed by atoms with E-state index >= 15 is 0 Å². The molecule has 0 fully saturated rings. The maximum absolute atomic E-state index is 11.4. The zero-order valence-corrected chi connectivity index (χ0v) is 30.5. The number of methoxy groups -OCH3 is 1. The first-order valence-electron chi connectivity index (χ1n) is 16.8. The lowest BCUT2D eigenvalue weighted by molar-refractivity contribution is -0.131. The fourth-order valence-corrected chi connectivity index (χ4v) is 5.94. The van der Waals surface area contributed by atoms with E-state index in [0.29, 0.717) is 36.5 Å². The average molecular weight is 673 g/mol. The first kappa shape index (κ1) is 39.2. The molecule has 0 aliphatic carbocycles. The van der Waals surface area contributed by atoms with Crippen LogP contribution in [-0.4, -0.2) is 23.3 Å². The standard InChI is InChI=1S/C24H28O3.C21H24O2/c1-7-9-18-15-20(11-13-22(18)26-6)24(4,5)21-12-14-23(27-17(3)25)19(16-21)10-8-2;1-5-7-15-13-17(9-11-19(15)22)21(3,4)18-10-12-20(23)16(14-18)8-6-2/h7-8,11-16H,1-2,9-10H2,3-6H3;5-6,9-14,22-23H,1-2,7-8H2,3-4H3. The van der Waals surface area contributed by atoms with Crippen molar-refractivity contribution in [1.29, 1.82) is 0 Å². The Kier molecular flexibility index (Phi) is 13.6. The van der Waals surface area contributed by atoms with E-state index in [2.05, 4.69) is 72.2 Å². The van der Waals surface area contributed by atoms with Crippen molar-refractivity contribution >= 4 is 5.97 Å². The summed E-state index contributed by atoms with van der Waals surface area (Å²) in [5, 5.41) is 19.9. The number of hydrogen-bond donors (Lipinski definition) is 2. The molecule has 0 amide bonds. The van der Waals surface area contributed by atoms with Crippen LogP contribution in [0, 0.1) is 0 Å². The molecule has 2 N–H and O–H groups in total. The Morgan fingerprint density at radius 3 is 1.26 bits per heavy atom. The summed E-state index contributed by atoms with van der Waals surface area (Å²) < 4.78 is 10.8. The number of esters is 1. The monoisotopic (exact) mass is 672 g/mol. The van der Waals surface area contributed by atoms with Gasteiger partial charge in [0.05, 0.1) is 7.11 Å². The summed E-state index contributed by atoms with van der Waals surface area (Å²) >= 11 is 0. The molecule has 0 saturated carbocycles. The van der Waals surface area contributed by atoms with Gasteiger partial charge in [-0.2, -0.15) is 0 Å². The number of carbonyl (C=O) groups is 1. The Labute approximate surface area is 298 Å². The van der Waals surface area contributed by atoms with Crippen LogP contribution in [0.15, 0.2) is 123 Å². The van der Waals surface area contributed by atoms with Gasteiger partial charge in [-0.25, -0.2) is 0 Å². The summed E-state index contributed by atoms with van der Waals surface area (Å²) in [4.78, 5) is 11.4. The summed E-state index contributed by atoms with van der Waals surface area (Å²) in [6.07, 6.45) is 9.92. The molecule has 262 valence electrons. The van der Waals surface area contributed by atoms with E-state index in [1.807, 2.05) is 54.6 Å². The summed E-state index contributed by atoms with van der Waals surface area (Å²) in [7, 11) is 1.68. The first-order valence-corrected chi connectivity index (χ1v) is 16.8. The van der Waals surface area contributed by atoms with E-state index in [4.69, 9.17) is 9.47 Å². The minimum Gasteiger partial charge on any atom is -0.508 e. The Morgan fingerprint density at radius 2 is 0.900 bits per heavy atom. The molecular formula is C45H52O5.